The van der Waals surface area contributed by atoms with Crippen LogP contribution in [0.3, 0.4) is 0 Å². The van der Waals surface area contributed by atoms with Crippen LogP contribution >= 0.6 is 0 Å². The van der Waals surface area contributed by atoms with Crippen LogP contribution in [0.4, 0.5) is 10.1 Å². The first kappa shape index (κ1) is 22.7. The summed E-state index contributed by atoms with van der Waals surface area (Å²) < 4.78 is 13.2. The molecule has 0 unspecified atom stereocenters. The highest BCUT2D eigenvalue weighted by atomic mass is 19.1. The first-order chi connectivity index (χ1) is 16.0. The number of rotatable bonds is 7. The van der Waals surface area contributed by atoms with Crippen LogP contribution in [0.2, 0.25) is 0 Å². The van der Waals surface area contributed by atoms with Gasteiger partial charge in [-0.2, -0.15) is 0 Å². The van der Waals surface area contributed by atoms with Gasteiger partial charge in [-0.15, -0.1) is 0 Å². The van der Waals surface area contributed by atoms with Crippen molar-refractivity contribution in [1.29, 1.82) is 0 Å². The van der Waals surface area contributed by atoms with Gasteiger partial charge in [0.1, 0.15) is 5.82 Å². The number of aromatic nitrogens is 1. The molecular weight excluding hydrogens is 419 g/mol. The Morgan fingerprint density at radius 3 is 2.67 bits per heavy atom. The lowest BCUT2D eigenvalue weighted by atomic mass is 9.99. The van der Waals surface area contributed by atoms with Gasteiger partial charge in [0, 0.05) is 62.3 Å². The van der Waals surface area contributed by atoms with Gasteiger partial charge in [0.2, 0.25) is 5.91 Å². The van der Waals surface area contributed by atoms with Crippen LogP contribution in [0.5, 0.6) is 0 Å². The van der Waals surface area contributed by atoms with Gasteiger partial charge >= 0.3 is 0 Å². The highest BCUT2D eigenvalue weighted by Crippen LogP contribution is 2.30. The van der Waals surface area contributed by atoms with E-state index in [1.165, 1.54) is 12.1 Å². The third-order valence-electron chi connectivity index (χ3n) is 6.34. The molecule has 2 heterocycles. The van der Waals surface area contributed by atoms with E-state index in [0.29, 0.717) is 31.6 Å². The molecule has 0 aliphatic carbocycles. The van der Waals surface area contributed by atoms with E-state index in [1.807, 2.05) is 42.2 Å². The van der Waals surface area contributed by atoms with Crippen molar-refractivity contribution in [3.05, 3.63) is 71.7 Å². The lowest BCUT2D eigenvalue weighted by Crippen LogP contribution is -2.33. The minimum Gasteiger partial charge on any atom is -0.371 e. The van der Waals surface area contributed by atoms with Crippen molar-refractivity contribution in [2.24, 2.45) is 0 Å². The van der Waals surface area contributed by atoms with Crippen molar-refractivity contribution in [2.75, 3.05) is 38.1 Å². The normalized spacial score (nSPS) is 15.6. The number of carbonyl (C=O) groups is 2. The number of benzene rings is 2. The van der Waals surface area contributed by atoms with Crippen molar-refractivity contribution in [3.8, 4) is 0 Å². The van der Waals surface area contributed by atoms with E-state index >= 15 is 0 Å². The van der Waals surface area contributed by atoms with E-state index in [9.17, 15) is 14.0 Å². The lowest BCUT2D eigenvalue weighted by Gasteiger charge is -2.24. The summed E-state index contributed by atoms with van der Waals surface area (Å²) in [6.45, 7) is 4.62. The van der Waals surface area contributed by atoms with Crippen molar-refractivity contribution < 1.29 is 14.0 Å². The number of anilines is 1. The predicted octanol–water partition coefficient (Wildman–Crippen LogP) is 3.97. The van der Waals surface area contributed by atoms with E-state index in [4.69, 9.17) is 4.98 Å². The number of likely N-dealkylation sites (tertiary alicyclic amines) is 1. The molecule has 1 aliphatic heterocycles. The average Bonchev–Trinajstić information content (AvgIpc) is 3.34. The second-order valence-corrected chi connectivity index (χ2v) is 8.32. The Kier molecular flexibility index (Phi) is 6.87. The SMILES string of the molecule is CCN(CCC(=O)N1CC[C@H](c2cc(C(=O)NC)c3ccccc3n2)C1)c1ccc(F)cc1. The van der Waals surface area contributed by atoms with E-state index in [0.717, 1.165) is 35.2 Å². The fraction of sp³-hybridized carbons (Fsp3) is 0.346. The van der Waals surface area contributed by atoms with Crippen molar-refractivity contribution in [3.63, 3.8) is 0 Å². The maximum atomic E-state index is 13.2. The standard InChI is InChI=1S/C26H29FN4O2/c1-3-30(20-10-8-19(27)9-11-20)15-13-25(32)31-14-12-18(17-31)24-16-22(26(33)28-2)21-6-4-5-7-23(21)29-24/h4-11,16,18H,3,12-15,17H2,1-2H3,(H,28,33)/t18-/m0/s1. The molecule has 1 saturated heterocycles. The van der Waals surface area contributed by atoms with Crippen molar-refractivity contribution in [1.82, 2.24) is 15.2 Å². The van der Waals surface area contributed by atoms with Crippen LogP contribution in [0, 0.1) is 5.82 Å². The van der Waals surface area contributed by atoms with Crippen LogP contribution < -0.4 is 10.2 Å². The zero-order valence-corrected chi connectivity index (χ0v) is 19.1. The molecule has 2 amide bonds. The molecule has 3 aromatic rings. The minimum absolute atomic E-state index is 0.0985. The summed E-state index contributed by atoms with van der Waals surface area (Å²) in [5.41, 5.74) is 3.16. The molecule has 2 aromatic carbocycles. The highest BCUT2D eigenvalue weighted by Gasteiger charge is 2.29. The van der Waals surface area contributed by atoms with E-state index in [-0.39, 0.29) is 23.5 Å². The molecule has 0 saturated carbocycles. The Hall–Kier alpha value is -3.48. The number of fused-ring (bicyclic) bond motifs is 1. The molecule has 1 atom stereocenters. The Bertz CT molecular complexity index is 1150. The lowest BCUT2D eigenvalue weighted by molar-refractivity contribution is -0.129. The molecule has 0 bridgehead atoms. The molecule has 4 rings (SSSR count). The van der Waals surface area contributed by atoms with Gasteiger partial charge in [-0.25, -0.2) is 4.39 Å². The molecule has 33 heavy (non-hydrogen) atoms. The zero-order chi connectivity index (χ0) is 23.4. The van der Waals surface area contributed by atoms with Gasteiger partial charge in [-0.05, 0) is 49.7 Å². The van der Waals surface area contributed by atoms with Crippen LogP contribution in [-0.2, 0) is 4.79 Å². The van der Waals surface area contributed by atoms with Gasteiger partial charge < -0.3 is 15.1 Å². The molecular formula is C26H29FN4O2. The second-order valence-electron chi connectivity index (χ2n) is 8.32. The number of nitrogens with one attached hydrogen (secondary N) is 1. The largest absolute Gasteiger partial charge is 0.371 e. The number of halogens is 1. The summed E-state index contributed by atoms with van der Waals surface area (Å²) in [5.74, 6) is -0.205. The Balaban J connectivity index is 1.43. The summed E-state index contributed by atoms with van der Waals surface area (Å²) in [6.07, 6.45) is 1.21. The topological polar surface area (TPSA) is 65.5 Å². The summed E-state index contributed by atoms with van der Waals surface area (Å²) in [4.78, 5) is 34.1. The third-order valence-corrected chi connectivity index (χ3v) is 6.34. The van der Waals surface area contributed by atoms with Crippen LogP contribution in [0.25, 0.3) is 10.9 Å². The highest BCUT2D eigenvalue weighted by molar-refractivity contribution is 6.06. The Labute approximate surface area is 193 Å². The zero-order valence-electron chi connectivity index (χ0n) is 19.1. The number of carbonyl (C=O) groups excluding carboxylic acids is 2. The van der Waals surface area contributed by atoms with Gasteiger partial charge in [-0.1, -0.05) is 18.2 Å². The van der Waals surface area contributed by atoms with Crippen LogP contribution in [-0.4, -0.2) is 54.9 Å². The van der Waals surface area contributed by atoms with Gasteiger partial charge in [0.05, 0.1) is 11.1 Å². The van der Waals surface area contributed by atoms with E-state index < -0.39 is 0 Å². The Morgan fingerprint density at radius 1 is 1.18 bits per heavy atom. The first-order valence-electron chi connectivity index (χ1n) is 11.4. The average molecular weight is 449 g/mol. The molecule has 0 spiro atoms. The second kappa shape index (κ2) is 9.98. The minimum atomic E-state index is -0.268. The number of pyridine rings is 1. The van der Waals surface area contributed by atoms with Crippen LogP contribution in [0.15, 0.2) is 54.6 Å². The number of para-hydroxylation sites is 1. The summed E-state index contributed by atoms with van der Waals surface area (Å²) in [7, 11) is 1.62. The van der Waals surface area contributed by atoms with Gasteiger partial charge in [0.15, 0.2) is 0 Å². The molecule has 1 aliphatic rings. The maximum absolute atomic E-state index is 13.2. The quantitative estimate of drug-likeness (QED) is 0.594. The summed E-state index contributed by atoms with van der Waals surface area (Å²) in [6, 6.07) is 15.9. The van der Waals surface area contributed by atoms with E-state index in [1.54, 1.807) is 19.2 Å². The van der Waals surface area contributed by atoms with Gasteiger partial charge in [-0.3, -0.25) is 14.6 Å². The molecule has 1 N–H and O–H groups in total. The Morgan fingerprint density at radius 2 is 1.94 bits per heavy atom. The fourth-order valence-electron chi connectivity index (χ4n) is 4.47. The van der Waals surface area contributed by atoms with Crippen molar-refractivity contribution >= 4 is 28.4 Å². The molecule has 7 heteroatoms. The maximum Gasteiger partial charge on any atom is 0.251 e. The first-order valence-corrected chi connectivity index (χ1v) is 11.4. The third kappa shape index (κ3) is 4.97. The van der Waals surface area contributed by atoms with Gasteiger partial charge in [0.25, 0.3) is 5.91 Å². The predicted molar refractivity (Wildman–Crippen MR) is 128 cm³/mol. The molecule has 1 fully saturated rings. The number of nitrogens with zero attached hydrogens (tertiary/aromatic N) is 3. The molecule has 1 aromatic heterocycles. The number of hydrogen-bond donors (Lipinski definition) is 1. The molecule has 172 valence electrons. The monoisotopic (exact) mass is 448 g/mol. The fourth-order valence-corrected chi connectivity index (χ4v) is 4.47. The van der Waals surface area contributed by atoms with Crippen LogP contribution in [0.1, 0.15) is 41.7 Å². The molecule has 0 radical (unpaired) electrons. The summed E-state index contributed by atoms with van der Waals surface area (Å²) in [5, 5.41) is 3.54. The smallest absolute Gasteiger partial charge is 0.251 e. The van der Waals surface area contributed by atoms with E-state index in [2.05, 4.69) is 10.2 Å². The summed E-state index contributed by atoms with van der Waals surface area (Å²) >= 11 is 0. The van der Waals surface area contributed by atoms with Crippen molar-refractivity contribution in [2.45, 2.75) is 25.7 Å². The molecule has 6 nitrogen and oxygen atoms in total. The number of hydrogen-bond acceptors (Lipinski definition) is 4. The number of amides is 2.